The fourth-order valence-electron chi connectivity index (χ4n) is 3.81. The van der Waals surface area contributed by atoms with Crippen molar-refractivity contribution in [2.45, 2.75) is 37.6 Å². The Kier molecular flexibility index (Phi) is 5.04. The van der Waals surface area contributed by atoms with Gasteiger partial charge in [-0.15, -0.1) is 0 Å². The van der Waals surface area contributed by atoms with Gasteiger partial charge in [-0.05, 0) is 49.6 Å². The Balaban J connectivity index is 1.49. The number of halogens is 1. The van der Waals surface area contributed by atoms with Gasteiger partial charge < -0.3 is 15.0 Å². The minimum atomic E-state index is -0.690. The van der Waals surface area contributed by atoms with Gasteiger partial charge in [-0.1, -0.05) is 35.9 Å². The number of carbonyl (C=O) groups excluding carboxylic acids is 3. The van der Waals surface area contributed by atoms with Crippen molar-refractivity contribution >= 4 is 40.8 Å². The molecule has 1 atom stereocenters. The van der Waals surface area contributed by atoms with Crippen LogP contribution < -0.4 is 10.2 Å². The number of nitrogens with one attached hydrogen (secondary N) is 1. The van der Waals surface area contributed by atoms with Crippen LogP contribution in [0.15, 0.2) is 48.5 Å². The Morgan fingerprint density at radius 2 is 1.86 bits per heavy atom. The third-order valence-corrected chi connectivity index (χ3v) is 5.74. The summed E-state index contributed by atoms with van der Waals surface area (Å²) in [5.41, 5.74) is 1.33. The molecule has 29 heavy (non-hydrogen) atoms. The largest absolute Gasteiger partial charge is 0.455 e. The lowest BCUT2D eigenvalue weighted by atomic mass is 9.96. The Morgan fingerprint density at radius 1 is 1.17 bits per heavy atom. The molecule has 1 N–H and O–H groups in total. The monoisotopic (exact) mass is 412 g/mol. The minimum Gasteiger partial charge on any atom is -0.455 e. The molecule has 0 aromatic heterocycles. The van der Waals surface area contributed by atoms with Crippen molar-refractivity contribution in [1.29, 1.82) is 0 Å². The average molecular weight is 413 g/mol. The van der Waals surface area contributed by atoms with E-state index in [9.17, 15) is 14.4 Å². The summed E-state index contributed by atoms with van der Waals surface area (Å²) in [5, 5.41) is 3.41. The second-order valence-corrected chi connectivity index (χ2v) is 7.98. The van der Waals surface area contributed by atoms with E-state index in [0.29, 0.717) is 29.2 Å². The number of nitrogens with zero attached hydrogens (tertiary/aromatic N) is 1. The smallest absolute Gasteiger partial charge is 0.317 e. The number of hydrogen-bond donors (Lipinski definition) is 1. The number of fused-ring (bicyclic) bond motifs is 1. The molecule has 2 aromatic carbocycles. The predicted octanol–water partition coefficient (Wildman–Crippen LogP) is 3.68. The number of hydrogen-bond acceptors (Lipinski definition) is 4. The first-order chi connectivity index (χ1) is 13.9. The number of ether oxygens (including phenoxy) is 1. The van der Waals surface area contributed by atoms with Gasteiger partial charge in [-0.25, -0.2) is 0 Å². The molecule has 1 unspecified atom stereocenters. The molecule has 7 heteroatoms. The highest BCUT2D eigenvalue weighted by molar-refractivity contribution is 6.30. The highest BCUT2D eigenvalue weighted by Gasteiger charge is 2.53. The van der Waals surface area contributed by atoms with Gasteiger partial charge in [0.15, 0.2) is 6.61 Å². The summed E-state index contributed by atoms with van der Waals surface area (Å²) >= 11 is 5.93. The predicted molar refractivity (Wildman–Crippen MR) is 110 cm³/mol. The van der Waals surface area contributed by atoms with Gasteiger partial charge in [0.2, 0.25) is 5.91 Å². The number of anilines is 2. The molecule has 2 amide bonds. The van der Waals surface area contributed by atoms with Gasteiger partial charge in [0.25, 0.3) is 5.91 Å². The molecule has 0 spiro atoms. The van der Waals surface area contributed by atoms with Crippen LogP contribution in [0, 0.1) is 0 Å². The lowest BCUT2D eigenvalue weighted by Gasteiger charge is -2.28. The van der Waals surface area contributed by atoms with Crippen LogP contribution in [0.1, 0.15) is 31.7 Å². The number of rotatable bonds is 4. The SMILES string of the molecule is CC1CC(=O)Nc2ccccc2N1C(=O)COC(=O)C1(c2ccc(Cl)cc2)CC1. The van der Waals surface area contributed by atoms with Crippen molar-refractivity contribution in [1.82, 2.24) is 0 Å². The molecule has 1 aliphatic heterocycles. The topological polar surface area (TPSA) is 75.7 Å². The summed E-state index contributed by atoms with van der Waals surface area (Å²) in [5.74, 6) is -0.920. The second-order valence-electron chi connectivity index (χ2n) is 7.55. The van der Waals surface area contributed by atoms with Crippen LogP contribution >= 0.6 is 11.6 Å². The van der Waals surface area contributed by atoms with Crippen molar-refractivity contribution in [3.63, 3.8) is 0 Å². The van der Waals surface area contributed by atoms with Crippen molar-refractivity contribution < 1.29 is 19.1 Å². The molecule has 1 saturated carbocycles. The molecule has 1 fully saturated rings. The first-order valence-electron chi connectivity index (χ1n) is 9.55. The van der Waals surface area contributed by atoms with Crippen LogP contribution in [-0.4, -0.2) is 30.4 Å². The van der Waals surface area contributed by atoms with E-state index in [4.69, 9.17) is 16.3 Å². The lowest BCUT2D eigenvalue weighted by molar-refractivity contribution is -0.150. The van der Waals surface area contributed by atoms with Crippen LogP contribution in [0.5, 0.6) is 0 Å². The fraction of sp³-hybridized carbons (Fsp3) is 0.318. The number of para-hydroxylation sites is 2. The van der Waals surface area contributed by atoms with Crippen LogP contribution in [-0.2, 0) is 24.5 Å². The quantitative estimate of drug-likeness (QED) is 0.777. The van der Waals surface area contributed by atoms with Crippen LogP contribution in [0.4, 0.5) is 11.4 Å². The van der Waals surface area contributed by atoms with E-state index in [0.717, 1.165) is 5.56 Å². The summed E-state index contributed by atoms with van der Waals surface area (Å²) in [6.45, 7) is 1.43. The van der Waals surface area contributed by atoms with Gasteiger partial charge in [0.1, 0.15) is 0 Å². The fourth-order valence-corrected chi connectivity index (χ4v) is 3.93. The third-order valence-electron chi connectivity index (χ3n) is 5.49. The summed E-state index contributed by atoms with van der Waals surface area (Å²) < 4.78 is 5.43. The molecule has 4 rings (SSSR count). The second kappa shape index (κ2) is 7.52. The molecule has 0 bridgehead atoms. The van der Waals surface area contributed by atoms with Gasteiger partial charge >= 0.3 is 5.97 Å². The molecular formula is C22H21ClN2O4. The highest BCUT2D eigenvalue weighted by atomic mass is 35.5. The molecule has 1 heterocycles. The molecule has 2 aromatic rings. The molecule has 0 radical (unpaired) electrons. The Morgan fingerprint density at radius 3 is 2.55 bits per heavy atom. The van der Waals surface area contributed by atoms with E-state index in [-0.39, 0.29) is 30.9 Å². The highest BCUT2D eigenvalue weighted by Crippen LogP contribution is 2.49. The Labute approximate surface area is 173 Å². The van der Waals surface area contributed by atoms with Crippen molar-refractivity contribution in [2.75, 3.05) is 16.8 Å². The molecular weight excluding hydrogens is 392 g/mol. The van der Waals surface area contributed by atoms with Crippen molar-refractivity contribution in [3.8, 4) is 0 Å². The standard InChI is InChI=1S/C22H21ClN2O4/c1-14-12-19(26)24-17-4-2-3-5-18(17)25(14)20(27)13-29-21(28)22(10-11-22)15-6-8-16(23)9-7-15/h2-9,14H,10-13H2,1H3,(H,24,26). The van der Waals surface area contributed by atoms with Gasteiger partial charge in [-0.2, -0.15) is 0 Å². The summed E-state index contributed by atoms with van der Waals surface area (Å²) in [6, 6.07) is 13.9. The molecule has 2 aliphatic rings. The Bertz CT molecular complexity index is 969. The molecule has 0 saturated heterocycles. The number of carbonyl (C=O) groups is 3. The van der Waals surface area contributed by atoms with Crippen LogP contribution in [0.2, 0.25) is 5.02 Å². The van der Waals surface area contributed by atoms with Crippen molar-refractivity contribution in [2.24, 2.45) is 0 Å². The normalized spacial score (nSPS) is 19.6. The third kappa shape index (κ3) is 3.72. The van der Waals surface area contributed by atoms with Crippen molar-refractivity contribution in [3.05, 3.63) is 59.1 Å². The van der Waals surface area contributed by atoms with E-state index >= 15 is 0 Å². The van der Waals surface area contributed by atoms with E-state index in [1.54, 1.807) is 43.3 Å². The Hall–Kier alpha value is -2.86. The zero-order valence-electron chi connectivity index (χ0n) is 16.0. The maximum atomic E-state index is 13.0. The van der Waals surface area contributed by atoms with Gasteiger partial charge in [-0.3, -0.25) is 14.4 Å². The molecule has 150 valence electrons. The van der Waals surface area contributed by atoms with E-state index in [2.05, 4.69) is 5.32 Å². The summed E-state index contributed by atoms with van der Waals surface area (Å²) in [6.07, 6.45) is 1.54. The van der Waals surface area contributed by atoms with Crippen LogP contribution in [0.3, 0.4) is 0 Å². The zero-order chi connectivity index (χ0) is 20.6. The minimum absolute atomic E-state index is 0.156. The number of benzene rings is 2. The maximum Gasteiger partial charge on any atom is 0.317 e. The molecule has 6 nitrogen and oxygen atoms in total. The first-order valence-corrected chi connectivity index (χ1v) is 9.93. The maximum absolute atomic E-state index is 13.0. The van der Waals surface area contributed by atoms with E-state index in [1.807, 2.05) is 12.1 Å². The molecule has 1 aliphatic carbocycles. The summed E-state index contributed by atoms with van der Waals surface area (Å²) in [7, 11) is 0. The lowest BCUT2D eigenvalue weighted by Crippen LogP contribution is -2.42. The number of amides is 2. The summed E-state index contributed by atoms with van der Waals surface area (Å²) in [4.78, 5) is 39.3. The van der Waals surface area contributed by atoms with Crippen LogP contribution in [0.25, 0.3) is 0 Å². The first kappa shape index (κ1) is 19.5. The van der Waals surface area contributed by atoms with Gasteiger partial charge in [0, 0.05) is 17.5 Å². The average Bonchev–Trinajstić information content (AvgIpc) is 3.50. The van der Waals surface area contributed by atoms with E-state index < -0.39 is 11.4 Å². The zero-order valence-corrected chi connectivity index (χ0v) is 16.7. The number of esters is 1. The van der Waals surface area contributed by atoms with E-state index in [1.165, 1.54) is 4.90 Å². The van der Waals surface area contributed by atoms with Gasteiger partial charge in [0.05, 0.1) is 16.8 Å².